The minimum Gasteiger partial charge on any atom is -0.448 e. The lowest BCUT2D eigenvalue weighted by Gasteiger charge is -2.16. The average molecular weight is 385 g/mol. The Morgan fingerprint density at radius 1 is 0.966 bits per heavy atom. The highest BCUT2D eigenvalue weighted by Crippen LogP contribution is 2.48. The van der Waals surface area contributed by atoms with Crippen LogP contribution in [0, 0.1) is 0 Å². The third-order valence-corrected chi connectivity index (χ3v) is 6.22. The smallest absolute Gasteiger partial charge is 0.411 e. The number of fused-ring (bicyclic) bond motifs is 3. The van der Waals surface area contributed by atoms with Gasteiger partial charge in [0.25, 0.3) is 0 Å². The zero-order valence-corrected chi connectivity index (χ0v) is 16.1. The van der Waals surface area contributed by atoms with Crippen LogP contribution in [0.2, 0.25) is 0 Å². The molecule has 0 radical (unpaired) electrons. The zero-order valence-electron chi connectivity index (χ0n) is 16.1. The highest BCUT2D eigenvalue weighted by molar-refractivity contribution is 5.85. The van der Waals surface area contributed by atoms with E-state index in [4.69, 9.17) is 4.74 Å². The first-order valence-electron chi connectivity index (χ1n) is 10.0. The van der Waals surface area contributed by atoms with E-state index in [0.29, 0.717) is 12.3 Å². The molecule has 0 unspecified atom stereocenters. The minimum atomic E-state index is -0.460. The van der Waals surface area contributed by atoms with Crippen molar-refractivity contribution in [2.75, 3.05) is 18.5 Å². The highest BCUT2D eigenvalue weighted by atomic mass is 16.5. The summed E-state index contributed by atoms with van der Waals surface area (Å²) in [6.45, 7) is 0.432. The molecule has 0 aromatic heterocycles. The second-order valence-corrected chi connectivity index (χ2v) is 7.97. The van der Waals surface area contributed by atoms with Crippen LogP contribution in [0.5, 0.6) is 0 Å². The SMILES string of the molecule is O=C(Nc1cccc(C2(CO)CC2)c1)OCC1c2ccccc2-c2ccccc21. The van der Waals surface area contributed by atoms with Crippen LogP contribution < -0.4 is 5.32 Å². The van der Waals surface area contributed by atoms with Gasteiger partial charge in [0.1, 0.15) is 6.61 Å². The Morgan fingerprint density at radius 3 is 2.24 bits per heavy atom. The second-order valence-electron chi connectivity index (χ2n) is 7.97. The molecular formula is C25H23NO3. The molecule has 5 rings (SSSR count). The summed E-state index contributed by atoms with van der Waals surface area (Å²) in [5, 5.41) is 12.5. The van der Waals surface area contributed by atoms with Crippen LogP contribution in [0.4, 0.5) is 10.5 Å². The predicted octanol–water partition coefficient (Wildman–Crippen LogP) is 5.07. The Bertz CT molecular complexity index is 1030. The first-order chi connectivity index (χ1) is 14.2. The molecule has 4 heteroatoms. The fourth-order valence-electron chi connectivity index (χ4n) is 4.37. The van der Waals surface area contributed by atoms with Crippen molar-refractivity contribution in [3.63, 3.8) is 0 Å². The van der Waals surface area contributed by atoms with Crippen LogP contribution in [0.1, 0.15) is 35.4 Å². The molecule has 1 amide bonds. The van der Waals surface area contributed by atoms with E-state index < -0.39 is 6.09 Å². The number of benzene rings is 3. The van der Waals surface area contributed by atoms with E-state index in [-0.39, 0.29) is 17.9 Å². The molecular weight excluding hydrogens is 362 g/mol. The van der Waals surface area contributed by atoms with Crippen molar-refractivity contribution < 1.29 is 14.6 Å². The maximum atomic E-state index is 12.5. The van der Waals surface area contributed by atoms with Gasteiger partial charge in [-0.1, -0.05) is 60.7 Å². The summed E-state index contributed by atoms with van der Waals surface area (Å²) < 4.78 is 5.61. The summed E-state index contributed by atoms with van der Waals surface area (Å²) in [6.07, 6.45) is 1.51. The summed E-state index contributed by atoms with van der Waals surface area (Å²) >= 11 is 0. The van der Waals surface area contributed by atoms with E-state index in [1.54, 1.807) is 0 Å². The molecule has 2 aliphatic carbocycles. The summed E-state index contributed by atoms with van der Waals surface area (Å²) in [5.74, 6) is 0.0450. The number of carbonyl (C=O) groups is 1. The van der Waals surface area contributed by atoms with Crippen LogP contribution in [-0.2, 0) is 10.2 Å². The Labute approximate surface area is 170 Å². The maximum Gasteiger partial charge on any atom is 0.411 e. The van der Waals surface area contributed by atoms with E-state index in [0.717, 1.165) is 18.4 Å². The fourth-order valence-corrected chi connectivity index (χ4v) is 4.37. The molecule has 3 aromatic rings. The quantitative estimate of drug-likeness (QED) is 0.645. The Balaban J connectivity index is 1.29. The maximum absolute atomic E-state index is 12.5. The van der Waals surface area contributed by atoms with E-state index >= 15 is 0 Å². The number of nitrogens with one attached hydrogen (secondary N) is 1. The monoisotopic (exact) mass is 385 g/mol. The number of anilines is 1. The van der Waals surface area contributed by atoms with Gasteiger partial charge in [0, 0.05) is 17.0 Å². The van der Waals surface area contributed by atoms with Crippen molar-refractivity contribution >= 4 is 11.8 Å². The van der Waals surface area contributed by atoms with Crippen molar-refractivity contribution in [2.45, 2.75) is 24.2 Å². The number of carbonyl (C=O) groups excluding carboxylic acids is 1. The molecule has 0 spiro atoms. The van der Waals surface area contributed by atoms with Gasteiger partial charge in [0.2, 0.25) is 0 Å². The number of hydrogen-bond acceptors (Lipinski definition) is 3. The number of aliphatic hydroxyl groups excluding tert-OH is 1. The van der Waals surface area contributed by atoms with Gasteiger partial charge in [-0.2, -0.15) is 0 Å². The van der Waals surface area contributed by atoms with Crippen molar-refractivity contribution in [3.05, 3.63) is 89.5 Å². The van der Waals surface area contributed by atoms with Crippen molar-refractivity contribution in [2.24, 2.45) is 0 Å². The lowest BCUT2D eigenvalue weighted by molar-refractivity contribution is 0.158. The standard InChI is InChI=1S/C25H23NO3/c27-16-25(12-13-25)17-6-5-7-18(14-17)26-24(28)29-15-23-21-10-3-1-8-19(21)20-9-2-4-11-22(20)23/h1-11,14,23,27H,12-13,15-16H2,(H,26,28). The van der Waals surface area contributed by atoms with Gasteiger partial charge < -0.3 is 9.84 Å². The van der Waals surface area contributed by atoms with Crippen LogP contribution in [-0.4, -0.2) is 24.4 Å². The first kappa shape index (κ1) is 18.0. The van der Waals surface area contributed by atoms with Gasteiger partial charge in [0.05, 0.1) is 6.61 Å². The molecule has 29 heavy (non-hydrogen) atoms. The van der Waals surface area contributed by atoms with Gasteiger partial charge in [-0.25, -0.2) is 4.79 Å². The largest absolute Gasteiger partial charge is 0.448 e. The Hall–Kier alpha value is -3.11. The molecule has 146 valence electrons. The van der Waals surface area contributed by atoms with Gasteiger partial charge in [-0.3, -0.25) is 5.32 Å². The van der Waals surface area contributed by atoms with Crippen LogP contribution in [0.15, 0.2) is 72.8 Å². The Morgan fingerprint density at radius 2 is 1.62 bits per heavy atom. The third kappa shape index (κ3) is 3.19. The zero-order chi connectivity index (χ0) is 19.8. The topological polar surface area (TPSA) is 58.6 Å². The van der Waals surface area contributed by atoms with Crippen LogP contribution in [0.3, 0.4) is 0 Å². The van der Waals surface area contributed by atoms with Gasteiger partial charge in [-0.05, 0) is 52.8 Å². The van der Waals surface area contributed by atoms with Gasteiger partial charge >= 0.3 is 6.09 Å². The first-order valence-corrected chi connectivity index (χ1v) is 10.0. The second kappa shape index (κ2) is 7.05. The molecule has 0 saturated heterocycles. The molecule has 2 N–H and O–H groups in total. The summed E-state index contributed by atoms with van der Waals surface area (Å²) in [4.78, 5) is 12.5. The summed E-state index contributed by atoms with van der Waals surface area (Å²) in [6, 6.07) is 24.3. The molecule has 0 bridgehead atoms. The van der Waals surface area contributed by atoms with E-state index in [1.165, 1.54) is 22.3 Å². The molecule has 0 atom stereocenters. The molecule has 3 aromatic carbocycles. The highest BCUT2D eigenvalue weighted by Gasteiger charge is 2.43. The van der Waals surface area contributed by atoms with E-state index in [2.05, 4.69) is 29.6 Å². The van der Waals surface area contributed by atoms with Crippen molar-refractivity contribution in [1.82, 2.24) is 0 Å². The predicted molar refractivity (Wildman–Crippen MR) is 113 cm³/mol. The number of amides is 1. The van der Waals surface area contributed by atoms with Crippen molar-refractivity contribution in [1.29, 1.82) is 0 Å². The minimum absolute atomic E-state index is 0.0450. The number of aliphatic hydroxyl groups is 1. The van der Waals surface area contributed by atoms with Crippen LogP contribution in [0.25, 0.3) is 11.1 Å². The molecule has 4 nitrogen and oxygen atoms in total. The lowest BCUT2D eigenvalue weighted by Crippen LogP contribution is -2.18. The lowest BCUT2D eigenvalue weighted by atomic mass is 9.96. The summed E-state index contributed by atoms with van der Waals surface area (Å²) in [7, 11) is 0. The van der Waals surface area contributed by atoms with E-state index in [9.17, 15) is 9.90 Å². The number of rotatable bonds is 5. The number of ether oxygens (including phenoxy) is 1. The Kier molecular flexibility index (Phi) is 4.36. The van der Waals surface area contributed by atoms with Crippen LogP contribution >= 0.6 is 0 Å². The molecule has 1 fully saturated rings. The van der Waals surface area contributed by atoms with Crippen molar-refractivity contribution in [3.8, 4) is 11.1 Å². The molecule has 0 aliphatic heterocycles. The molecule has 0 heterocycles. The van der Waals surface area contributed by atoms with Gasteiger partial charge in [-0.15, -0.1) is 0 Å². The molecule has 1 saturated carbocycles. The molecule has 2 aliphatic rings. The summed E-state index contributed by atoms with van der Waals surface area (Å²) in [5.41, 5.74) is 6.45. The fraction of sp³-hybridized carbons (Fsp3) is 0.240. The number of hydrogen-bond donors (Lipinski definition) is 2. The van der Waals surface area contributed by atoms with Gasteiger partial charge in [0.15, 0.2) is 0 Å². The third-order valence-electron chi connectivity index (χ3n) is 6.22. The average Bonchev–Trinajstić information content (AvgIpc) is 3.50. The normalized spacial score (nSPS) is 16.0. The van der Waals surface area contributed by atoms with E-state index in [1.807, 2.05) is 48.5 Å².